The average Bonchev–Trinajstić information content (AvgIpc) is 3.37. The number of nitrogens with one attached hydrogen (secondary N) is 2. The molecule has 0 saturated carbocycles. The molecule has 1 fully saturated rings. The van der Waals surface area contributed by atoms with E-state index in [2.05, 4.69) is 40.9 Å². The van der Waals surface area contributed by atoms with E-state index in [0.29, 0.717) is 30.7 Å². The number of aryl methyl sites for hydroxylation is 1. The molecule has 0 bridgehead atoms. The Bertz CT molecular complexity index is 934. The number of amides is 1. The van der Waals surface area contributed by atoms with E-state index >= 15 is 0 Å². The molecular formula is C18H23N9O2. The van der Waals surface area contributed by atoms with Gasteiger partial charge in [0.1, 0.15) is 12.4 Å². The zero-order valence-corrected chi connectivity index (χ0v) is 16.2. The number of carbonyl (C=O) groups excluding carboxylic acids is 1. The molecule has 0 radical (unpaired) electrons. The van der Waals surface area contributed by atoms with Crippen LogP contribution in [0.4, 0.5) is 0 Å². The molecule has 11 heteroatoms. The lowest BCUT2D eigenvalue weighted by molar-refractivity contribution is -0.122. The number of aromatic nitrogens is 7. The average molecular weight is 397 g/mol. The van der Waals surface area contributed by atoms with Crippen molar-refractivity contribution in [3.8, 4) is 0 Å². The second-order valence-electron chi connectivity index (χ2n) is 6.77. The molecule has 1 unspecified atom stereocenters. The Labute approximate surface area is 167 Å². The number of rotatable bonds is 7. The van der Waals surface area contributed by atoms with Gasteiger partial charge in [-0.25, -0.2) is 9.67 Å². The largest absolute Gasteiger partial charge is 0.379 e. The van der Waals surface area contributed by atoms with Crippen LogP contribution in [-0.4, -0.2) is 72.5 Å². The van der Waals surface area contributed by atoms with Crippen molar-refractivity contribution in [2.24, 2.45) is 0 Å². The van der Waals surface area contributed by atoms with Gasteiger partial charge in [0.25, 0.3) is 0 Å². The monoisotopic (exact) mass is 397 g/mol. The van der Waals surface area contributed by atoms with Gasteiger partial charge in [0.2, 0.25) is 5.91 Å². The first-order chi connectivity index (χ1) is 14.2. The Morgan fingerprint density at radius 2 is 2.07 bits per heavy atom. The van der Waals surface area contributed by atoms with E-state index in [0.717, 1.165) is 18.7 Å². The fraction of sp³-hybridized carbons (Fsp3) is 0.444. The third-order valence-electron chi connectivity index (χ3n) is 4.71. The first kappa shape index (κ1) is 19.2. The van der Waals surface area contributed by atoms with Gasteiger partial charge in [-0.15, -0.1) is 5.10 Å². The lowest BCUT2D eigenvalue weighted by Gasteiger charge is -2.33. The lowest BCUT2D eigenvalue weighted by Crippen LogP contribution is -2.41. The Morgan fingerprint density at radius 1 is 1.28 bits per heavy atom. The molecule has 1 aliphatic heterocycles. The number of hydrogen-bond donors (Lipinski definition) is 2. The van der Waals surface area contributed by atoms with Gasteiger partial charge in [-0.05, 0) is 22.9 Å². The highest BCUT2D eigenvalue weighted by atomic mass is 16.5. The van der Waals surface area contributed by atoms with Crippen molar-refractivity contribution in [3.05, 3.63) is 53.4 Å². The van der Waals surface area contributed by atoms with Gasteiger partial charge < -0.3 is 10.1 Å². The third kappa shape index (κ3) is 4.63. The SMILES string of the molecule is Cc1nc(CNC(=O)Cn2nnnc2C(c2ccccc2)N2CCOCC2)n[nH]1. The quantitative estimate of drug-likeness (QED) is 0.563. The Morgan fingerprint density at radius 3 is 2.79 bits per heavy atom. The summed E-state index contributed by atoms with van der Waals surface area (Å²) in [4.78, 5) is 18.9. The summed E-state index contributed by atoms with van der Waals surface area (Å²) in [6, 6.07) is 9.89. The molecule has 29 heavy (non-hydrogen) atoms. The van der Waals surface area contributed by atoms with E-state index < -0.39 is 0 Å². The van der Waals surface area contributed by atoms with Crippen LogP contribution in [0.3, 0.4) is 0 Å². The fourth-order valence-electron chi connectivity index (χ4n) is 3.35. The normalized spacial score (nSPS) is 15.9. The van der Waals surface area contributed by atoms with Crippen molar-refractivity contribution in [2.45, 2.75) is 26.1 Å². The molecule has 0 aliphatic carbocycles. The molecule has 11 nitrogen and oxygen atoms in total. The fourth-order valence-corrected chi connectivity index (χ4v) is 3.35. The minimum Gasteiger partial charge on any atom is -0.379 e. The Hall–Kier alpha value is -3.18. The number of tetrazole rings is 1. The topological polar surface area (TPSA) is 127 Å². The van der Waals surface area contributed by atoms with Crippen LogP contribution in [0.1, 0.15) is 29.1 Å². The number of morpholine rings is 1. The van der Waals surface area contributed by atoms with Gasteiger partial charge in [-0.3, -0.25) is 14.8 Å². The van der Waals surface area contributed by atoms with Crippen molar-refractivity contribution in [1.82, 2.24) is 45.6 Å². The number of nitrogens with zero attached hydrogens (tertiary/aromatic N) is 7. The summed E-state index contributed by atoms with van der Waals surface area (Å²) in [6.07, 6.45) is 0. The van der Waals surface area contributed by atoms with Crippen LogP contribution >= 0.6 is 0 Å². The van der Waals surface area contributed by atoms with Crippen molar-refractivity contribution in [3.63, 3.8) is 0 Å². The molecule has 2 N–H and O–H groups in total. The summed E-state index contributed by atoms with van der Waals surface area (Å²) in [5, 5.41) is 21.7. The predicted molar refractivity (Wildman–Crippen MR) is 101 cm³/mol. The minimum absolute atomic E-state index is 0.0133. The van der Waals surface area contributed by atoms with Crippen molar-refractivity contribution in [1.29, 1.82) is 0 Å². The van der Waals surface area contributed by atoms with E-state index in [9.17, 15) is 4.79 Å². The Balaban J connectivity index is 1.51. The van der Waals surface area contributed by atoms with Crippen LogP contribution in [0.15, 0.2) is 30.3 Å². The molecule has 3 aromatic rings. The Kier molecular flexibility index (Phi) is 5.86. The molecule has 4 rings (SSSR count). The molecule has 2 aromatic heterocycles. The molecule has 1 aliphatic rings. The maximum atomic E-state index is 12.5. The van der Waals surface area contributed by atoms with Gasteiger partial charge in [-0.1, -0.05) is 30.3 Å². The molecule has 1 aromatic carbocycles. The molecule has 152 valence electrons. The van der Waals surface area contributed by atoms with E-state index in [-0.39, 0.29) is 25.0 Å². The highest BCUT2D eigenvalue weighted by molar-refractivity contribution is 5.75. The van der Waals surface area contributed by atoms with Crippen LogP contribution in [0.2, 0.25) is 0 Å². The summed E-state index contributed by atoms with van der Waals surface area (Å²) in [6.45, 7) is 4.90. The van der Waals surface area contributed by atoms with Crippen LogP contribution in [-0.2, 0) is 22.6 Å². The number of H-pyrrole nitrogens is 1. The number of carbonyl (C=O) groups is 1. The van der Waals surface area contributed by atoms with Crippen LogP contribution in [0.25, 0.3) is 0 Å². The maximum absolute atomic E-state index is 12.5. The van der Waals surface area contributed by atoms with E-state index in [4.69, 9.17) is 4.74 Å². The van der Waals surface area contributed by atoms with Gasteiger partial charge >= 0.3 is 0 Å². The van der Waals surface area contributed by atoms with Gasteiger partial charge in [0.05, 0.1) is 25.8 Å². The molecule has 1 saturated heterocycles. The van der Waals surface area contributed by atoms with Gasteiger partial charge in [0.15, 0.2) is 11.6 Å². The molecular weight excluding hydrogens is 374 g/mol. The van der Waals surface area contributed by atoms with E-state index in [1.807, 2.05) is 30.3 Å². The molecule has 0 spiro atoms. The third-order valence-corrected chi connectivity index (χ3v) is 4.71. The van der Waals surface area contributed by atoms with E-state index in [1.165, 1.54) is 0 Å². The first-order valence-electron chi connectivity index (χ1n) is 9.48. The zero-order chi connectivity index (χ0) is 20.1. The number of benzene rings is 1. The van der Waals surface area contributed by atoms with Gasteiger partial charge in [0, 0.05) is 13.1 Å². The number of ether oxygens (including phenoxy) is 1. The highest BCUT2D eigenvalue weighted by Gasteiger charge is 2.29. The van der Waals surface area contributed by atoms with Crippen molar-refractivity contribution < 1.29 is 9.53 Å². The summed E-state index contributed by atoms with van der Waals surface area (Å²) in [7, 11) is 0. The smallest absolute Gasteiger partial charge is 0.242 e. The summed E-state index contributed by atoms with van der Waals surface area (Å²) < 4.78 is 7.04. The van der Waals surface area contributed by atoms with Crippen LogP contribution < -0.4 is 5.32 Å². The van der Waals surface area contributed by atoms with Crippen molar-refractivity contribution in [2.75, 3.05) is 26.3 Å². The second kappa shape index (κ2) is 8.88. The minimum atomic E-state index is -0.213. The van der Waals surface area contributed by atoms with Crippen molar-refractivity contribution >= 4 is 5.91 Å². The highest BCUT2D eigenvalue weighted by Crippen LogP contribution is 2.27. The molecule has 3 heterocycles. The predicted octanol–water partition coefficient (Wildman–Crippen LogP) is -0.162. The second-order valence-corrected chi connectivity index (χ2v) is 6.77. The zero-order valence-electron chi connectivity index (χ0n) is 16.2. The number of aromatic amines is 1. The maximum Gasteiger partial charge on any atom is 0.242 e. The lowest BCUT2D eigenvalue weighted by atomic mass is 10.0. The summed E-state index contributed by atoms with van der Waals surface area (Å²) >= 11 is 0. The molecule has 1 amide bonds. The molecule has 1 atom stereocenters. The van der Waals surface area contributed by atoms with Crippen LogP contribution in [0, 0.1) is 6.92 Å². The van der Waals surface area contributed by atoms with Gasteiger partial charge in [-0.2, -0.15) is 5.10 Å². The summed E-state index contributed by atoms with van der Waals surface area (Å²) in [5.41, 5.74) is 1.07. The summed E-state index contributed by atoms with van der Waals surface area (Å²) in [5.74, 6) is 1.65. The van der Waals surface area contributed by atoms with Crippen LogP contribution in [0.5, 0.6) is 0 Å². The van der Waals surface area contributed by atoms with E-state index in [1.54, 1.807) is 11.6 Å². The standard InChI is InChI=1S/C18H23N9O2/c1-13-20-15(22-21-13)11-19-16(28)12-27-18(23-24-25-27)17(14-5-3-2-4-6-14)26-7-9-29-10-8-26/h2-6,17H,7-12H2,1H3,(H,19,28)(H,20,21,22). The first-order valence-corrected chi connectivity index (χ1v) is 9.48. The number of hydrogen-bond acceptors (Lipinski definition) is 8.